The van der Waals surface area contributed by atoms with Crippen LogP contribution in [0.5, 0.6) is 0 Å². The number of aryl methyl sites for hydroxylation is 1. The van der Waals surface area contributed by atoms with Gasteiger partial charge in [0.2, 0.25) is 5.91 Å². The Hall–Kier alpha value is -1.10. The van der Waals surface area contributed by atoms with E-state index in [0.717, 1.165) is 19.3 Å². The lowest BCUT2D eigenvalue weighted by Gasteiger charge is -2.35. The van der Waals surface area contributed by atoms with Gasteiger partial charge in [-0.2, -0.15) is 0 Å². The van der Waals surface area contributed by atoms with Crippen molar-refractivity contribution in [3.8, 4) is 0 Å². The first-order chi connectivity index (χ1) is 9.69. The second-order valence-corrected chi connectivity index (χ2v) is 5.89. The Morgan fingerprint density at radius 1 is 1.29 bits per heavy atom. The van der Waals surface area contributed by atoms with Crippen LogP contribution in [0.3, 0.4) is 0 Å². The highest BCUT2D eigenvalue weighted by atomic mass is 35.5. The van der Waals surface area contributed by atoms with Gasteiger partial charge in [0, 0.05) is 13.2 Å². The molecule has 5 heteroatoms. The predicted molar refractivity (Wildman–Crippen MR) is 84.5 cm³/mol. The van der Waals surface area contributed by atoms with Crippen molar-refractivity contribution in [2.45, 2.75) is 43.7 Å². The van der Waals surface area contributed by atoms with Crippen molar-refractivity contribution in [2.24, 2.45) is 5.73 Å². The number of hydrogen-bond donors (Lipinski definition) is 2. The molecule has 1 amide bonds. The van der Waals surface area contributed by atoms with Crippen molar-refractivity contribution in [1.29, 1.82) is 0 Å². The zero-order valence-electron chi connectivity index (χ0n) is 12.1. The van der Waals surface area contributed by atoms with Crippen LogP contribution in [0.25, 0.3) is 0 Å². The first kappa shape index (κ1) is 16.3. The standard InChI is InChI=1S/C16H22N2O2.ClH/c17-16(8-10-20-11-9-16)15(19)18-14-7-3-5-12-4-1-2-6-13(12)14;/h1-2,4,6,14H,3,5,7-11,17H2,(H,18,19);1H. The summed E-state index contributed by atoms with van der Waals surface area (Å²) in [6, 6.07) is 8.48. The molecule has 0 bridgehead atoms. The van der Waals surface area contributed by atoms with E-state index in [4.69, 9.17) is 10.5 Å². The summed E-state index contributed by atoms with van der Waals surface area (Å²) in [6.07, 6.45) is 4.42. The van der Waals surface area contributed by atoms with Gasteiger partial charge in [0.1, 0.15) is 0 Å². The molecule has 1 aromatic carbocycles. The number of benzene rings is 1. The highest BCUT2D eigenvalue weighted by molar-refractivity contribution is 5.86. The smallest absolute Gasteiger partial charge is 0.240 e. The lowest BCUT2D eigenvalue weighted by atomic mass is 9.85. The van der Waals surface area contributed by atoms with Gasteiger partial charge in [-0.1, -0.05) is 24.3 Å². The third-order valence-corrected chi connectivity index (χ3v) is 4.51. The SMILES string of the molecule is Cl.NC1(C(=O)NC2CCCc3ccccc32)CCOCC1. The summed E-state index contributed by atoms with van der Waals surface area (Å²) in [6.45, 7) is 1.15. The average molecular weight is 311 g/mol. The number of ether oxygens (including phenoxy) is 1. The topological polar surface area (TPSA) is 64.4 Å². The lowest BCUT2D eigenvalue weighted by molar-refractivity contribution is -0.130. The van der Waals surface area contributed by atoms with E-state index in [1.165, 1.54) is 11.1 Å². The molecule has 3 N–H and O–H groups in total. The Labute approximate surface area is 131 Å². The van der Waals surface area contributed by atoms with Crippen LogP contribution in [0.15, 0.2) is 24.3 Å². The largest absolute Gasteiger partial charge is 0.381 e. The minimum absolute atomic E-state index is 0. The van der Waals surface area contributed by atoms with Crippen LogP contribution in [0.1, 0.15) is 42.9 Å². The third-order valence-electron chi connectivity index (χ3n) is 4.51. The summed E-state index contributed by atoms with van der Waals surface area (Å²) in [7, 11) is 0. The number of rotatable bonds is 2. The molecular weight excluding hydrogens is 288 g/mol. The Balaban J connectivity index is 0.00000161. The van der Waals surface area contributed by atoms with Gasteiger partial charge < -0.3 is 15.8 Å². The molecule has 1 aliphatic carbocycles. The number of halogens is 1. The number of carbonyl (C=O) groups excluding carboxylic acids is 1. The number of nitrogens with two attached hydrogens (primary N) is 1. The van der Waals surface area contributed by atoms with Crippen molar-refractivity contribution >= 4 is 18.3 Å². The van der Waals surface area contributed by atoms with Crippen LogP contribution < -0.4 is 11.1 Å². The molecule has 1 aromatic rings. The summed E-state index contributed by atoms with van der Waals surface area (Å²) >= 11 is 0. The monoisotopic (exact) mass is 310 g/mol. The highest BCUT2D eigenvalue weighted by Crippen LogP contribution is 2.30. The van der Waals surface area contributed by atoms with Crippen LogP contribution in [0.2, 0.25) is 0 Å². The van der Waals surface area contributed by atoms with Crippen molar-refractivity contribution in [2.75, 3.05) is 13.2 Å². The summed E-state index contributed by atoms with van der Waals surface area (Å²) in [5, 5.41) is 3.17. The lowest BCUT2D eigenvalue weighted by Crippen LogP contribution is -2.57. The highest BCUT2D eigenvalue weighted by Gasteiger charge is 2.37. The first-order valence-electron chi connectivity index (χ1n) is 7.44. The molecule has 1 unspecified atom stereocenters. The zero-order valence-corrected chi connectivity index (χ0v) is 13.0. The van der Waals surface area contributed by atoms with Crippen molar-refractivity contribution < 1.29 is 9.53 Å². The van der Waals surface area contributed by atoms with E-state index in [2.05, 4.69) is 23.5 Å². The Kier molecular flexibility index (Phi) is 5.25. The molecule has 3 rings (SSSR count). The number of nitrogens with one attached hydrogen (secondary N) is 1. The van der Waals surface area contributed by atoms with E-state index in [-0.39, 0.29) is 24.4 Å². The van der Waals surface area contributed by atoms with Gasteiger partial charge in [-0.05, 0) is 43.2 Å². The fourth-order valence-corrected chi connectivity index (χ4v) is 3.17. The molecule has 0 spiro atoms. The van der Waals surface area contributed by atoms with Crippen molar-refractivity contribution in [3.05, 3.63) is 35.4 Å². The van der Waals surface area contributed by atoms with Gasteiger partial charge in [-0.3, -0.25) is 4.79 Å². The van der Waals surface area contributed by atoms with E-state index >= 15 is 0 Å². The van der Waals surface area contributed by atoms with E-state index in [0.29, 0.717) is 26.1 Å². The molecule has 1 saturated heterocycles. The average Bonchev–Trinajstić information content (AvgIpc) is 2.48. The van der Waals surface area contributed by atoms with E-state index in [1.807, 2.05) is 6.07 Å². The van der Waals surface area contributed by atoms with E-state index < -0.39 is 5.54 Å². The summed E-state index contributed by atoms with van der Waals surface area (Å²) in [4.78, 5) is 12.5. The molecular formula is C16H23ClN2O2. The van der Waals surface area contributed by atoms with Gasteiger partial charge in [-0.15, -0.1) is 12.4 Å². The van der Waals surface area contributed by atoms with Crippen LogP contribution in [-0.4, -0.2) is 24.7 Å². The van der Waals surface area contributed by atoms with Gasteiger partial charge >= 0.3 is 0 Å². The van der Waals surface area contributed by atoms with Crippen molar-refractivity contribution in [3.63, 3.8) is 0 Å². The Morgan fingerprint density at radius 2 is 2.00 bits per heavy atom. The minimum atomic E-state index is -0.759. The maximum absolute atomic E-state index is 12.5. The zero-order chi connectivity index (χ0) is 14.0. The molecule has 2 aliphatic rings. The van der Waals surface area contributed by atoms with Crippen LogP contribution in [0.4, 0.5) is 0 Å². The first-order valence-corrected chi connectivity index (χ1v) is 7.44. The van der Waals surface area contributed by atoms with Gasteiger partial charge in [-0.25, -0.2) is 0 Å². The summed E-state index contributed by atoms with van der Waals surface area (Å²) < 4.78 is 5.30. The molecule has 1 aliphatic heterocycles. The molecule has 1 fully saturated rings. The molecule has 0 saturated carbocycles. The fourth-order valence-electron chi connectivity index (χ4n) is 3.17. The molecule has 0 radical (unpaired) electrons. The second-order valence-electron chi connectivity index (χ2n) is 5.89. The second kappa shape index (κ2) is 6.77. The fraction of sp³-hybridized carbons (Fsp3) is 0.562. The molecule has 0 aromatic heterocycles. The molecule has 1 heterocycles. The quantitative estimate of drug-likeness (QED) is 0.879. The number of fused-ring (bicyclic) bond motifs is 1. The number of amides is 1. The van der Waals surface area contributed by atoms with Crippen LogP contribution in [0, 0.1) is 0 Å². The van der Waals surface area contributed by atoms with Gasteiger partial charge in [0.15, 0.2) is 0 Å². The maximum atomic E-state index is 12.5. The molecule has 116 valence electrons. The molecule has 21 heavy (non-hydrogen) atoms. The van der Waals surface area contributed by atoms with E-state index in [9.17, 15) is 4.79 Å². The Morgan fingerprint density at radius 3 is 2.76 bits per heavy atom. The van der Waals surface area contributed by atoms with Gasteiger partial charge in [0.25, 0.3) is 0 Å². The summed E-state index contributed by atoms with van der Waals surface area (Å²) in [5.74, 6) is -0.0255. The van der Waals surface area contributed by atoms with E-state index in [1.54, 1.807) is 0 Å². The number of carbonyl (C=O) groups is 1. The van der Waals surface area contributed by atoms with Crippen LogP contribution in [-0.2, 0) is 16.0 Å². The predicted octanol–water partition coefficient (Wildman–Crippen LogP) is 2.11. The summed E-state index contributed by atoms with van der Waals surface area (Å²) in [5.41, 5.74) is 8.09. The molecule has 1 atom stereocenters. The maximum Gasteiger partial charge on any atom is 0.240 e. The molecule has 4 nitrogen and oxygen atoms in total. The normalized spacial score (nSPS) is 23.6. The van der Waals surface area contributed by atoms with Crippen LogP contribution >= 0.6 is 12.4 Å². The van der Waals surface area contributed by atoms with Gasteiger partial charge in [0.05, 0.1) is 11.6 Å². The third kappa shape index (κ3) is 3.39. The number of hydrogen-bond acceptors (Lipinski definition) is 3. The Bertz CT molecular complexity index is 501. The van der Waals surface area contributed by atoms with Crippen molar-refractivity contribution in [1.82, 2.24) is 5.32 Å². The minimum Gasteiger partial charge on any atom is -0.381 e.